The van der Waals surface area contributed by atoms with Crippen molar-refractivity contribution >= 4 is 11.6 Å². The minimum absolute atomic E-state index is 0.0284. The SMILES string of the molecule is Cc1cc(C(=O)NCCCc2ccccc2)ccc1[N+](=O)[O-]. The lowest BCUT2D eigenvalue weighted by molar-refractivity contribution is -0.385. The number of nitro benzene ring substituents is 1. The molecule has 114 valence electrons. The molecule has 0 bridgehead atoms. The highest BCUT2D eigenvalue weighted by atomic mass is 16.6. The Morgan fingerprint density at radius 1 is 1.18 bits per heavy atom. The van der Waals surface area contributed by atoms with Crippen LogP contribution in [-0.2, 0) is 6.42 Å². The first-order valence-corrected chi connectivity index (χ1v) is 7.15. The van der Waals surface area contributed by atoms with E-state index in [0.717, 1.165) is 12.8 Å². The van der Waals surface area contributed by atoms with Gasteiger partial charge in [-0.25, -0.2) is 0 Å². The summed E-state index contributed by atoms with van der Waals surface area (Å²) in [7, 11) is 0. The summed E-state index contributed by atoms with van der Waals surface area (Å²) in [6, 6.07) is 14.5. The Morgan fingerprint density at radius 2 is 1.91 bits per heavy atom. The Kier molecular flexibility index (Phi) is 5.25. The quantitative estimate of drug-likeness (QED) is 0.505. The van der Waals surface area contributed by atoms with Gasteiger partial charge in [-0.1, -0.05) is 30.3 Å². The molecule has 1 N–H and O–H groups in total. The predicted octanol–water partition coefficient (Wildman–Crippen LogP) is 3.27. The molecule has 0 unspecified atom stereocenters. The van der Waals surface area contributed by atoms with Crippen molar-refractivity contribution in [1.29, 1.82) is 0 Å². The molecule has 5 nitrogen and oxygen atoms in total. The third kappa shape index (κ3) is 4.15. The van der Waals surface area contributed by atoms with Crippen LogP contribution >= 0.6 is 0 Å². The molecule has 2 aromatic carbocycles. The second kappa shape index (κ2) is 7.36. The number of carbonyl (C=O) groups excluding carboxylic acids is 1. The highest BCUT2D eigenvalue weighted by Gasteiger charge is 2.13. The van der Waals surface area contributed by atoms with E-state index in [4.69, 9.17) is 0 Å². The van der Waals surface area contributed by atoms with Gasteiger partial charge >= 0.3 is 0 Å². The summed E-state index contributed by atoms with van der Waals surface area (Å²) < 4.78 is 0. The van der Waals surface area contributed by atoms with Gasteiger partial charge in [0, 0.05) is 23.7 Å². The minimum Gasteiger partial charge on any atom is -0.352 e. The zero-order valence-corrected chi connectivity index (χ0v) is 12.4. The molecule has 0 radical (unpaired) electrons. The zero-order valence-electron chi connectivity index (χ0n) is 12.4. The van der Waals surface area contributed by atoms with Gasteiger partial charge in [-0.2, -0.15) is 0 Å². The Labute approximate surface area is 129 Å². The van der Waals surface area contributed by atoms with Crippen LogP contribution in [-0.4, -0.2) is 17.4 Å². The van der Waals surface area contributed by atoms with Gasteiger partial charge in [-0.05, 0) is 37.5 Å². The lowest BCUT2D eigenvalue weighted by Crippen LogP contribution is -2.24. The van der Waals surface area contributed by atoms with Gasteiger partial charge in [0.2, 0.25) is 0 Å². The molecular weight excluding hydrogens is 280 g/mol. The average molecular weight is 298 g/mol. The van der Waals surface area contributed by atoms with E-state index in [-0.39, 0.29) is 11.6 Å². The predicted molar refractivity (Wildman–Crippen MR) is 84.9 cm³/mol. The summed E-state index contributed by atoms with van der Waals surface area (Å²) in [5.41, 5.74) is 2.20. The van der Waals surface area contributed by atoms with E-state index < -0.39 is 4.92 Å². The number of carbonyl (C=O) groups is 1. The normalized spacial score (nSPS) is 10.2. The number of aryl methyl sites for hydroxylation is 2. The van der Waals surface area contributed by atoms with Crippen LogP contribution in [0.4, 0.5) is 5.69 Å². The second-order valence-electron chi connectivity index (χ2n) is 5.10. The van der Waals surface area contributed by atoms with Crippen molar-refractivity contribution in [2.24, 2.45) is 0 Å². The van der Waals surface area contributed by atoms with Crippen LogP contribution in [0, 0.1) is 17.0 Å². The smallest absolute Gasteiger partial charge is 0.272 e. The minimum atomic E-state index is -0.448. The Hall–Kier alpha value is -2.69. The monoisotopic (exact) mass is 298 g/mol. The summed E-state index contributed by atoms with van der Waals surface area (Å²) in [6.07, 6.45) is 1.75. The highest BCUT2D eigenvalue weighted by molar-refractivity contribution is 5.94. The third-order valence-electron chi connectivity index (χ3n) is 3.43. The molecule has 0 saturated heterocycles. The first-order chi connectivity index (χ1) is 10.6. The van der Waals surface area contributed by atoms with Crippen molar-refractivity contribution in [3.05, 3.63) is 75.3 Å². The van der Waals surface area contributed by atoms with Gasteiger partial charge in [0.15, 0.2) is 0 Å². The standard InChI is InChI=1S/C17H18N2O3/c1-13-12-15(9-10-16(13)19(21)22)17(20)18-11-5-8-14-6-3-2-4-7-14/h2-4,6-7,9-10,12H,5,8,11H2,1H3,(H,18,20). The average Bonchev–Trinajstić information content (AvgIpc) is 2.52. The number of nitro groups is 1. The lowest BCUT2D eigenvalue weighted by atomic mass is 10.1. The van der Waals surface area contributed by atoms with E-state index in [0.29, 0.717) is 17.7 Å². The highest BCUT2D eigenvalue weighted by Crippen LogP contribution is 2.18. The summed E-state index contributed by atoms with van der Waals surface area (Å²) in [6.45, 7) is 2.20. The molecule has 0 aliphatic heterocycles. The van der Waals surface area contributed by atoms with Crippen LogP contribution in [0.3, 0.4) is 0 Å². The van der Waals surface area contributed by atoms with Gasteiger partial charge in [-0.3, -0.25) is 14.9 Å². The fourth-order valence-electron chi connectivity index (χ4n) is 2.24. The number of hydrogen-bond acceptors (Lipinski definition) is 3. The van der Waals surface area contributed by atoms with Gasteiger partial charge in [0.05, 0.1) is 4.92 Å². The van der Waals surface area contributed by atoms with Crippen molar-refractivity contribution in [2.45, 2.75) is 19.8 Å². The molecule has 5 heteroatoms. The van der Waals surface area contributed by atoms with E-state index >= 15 is 0 Å². The molecule has 0 fully saturated rings. The molecule has 0 saturated carbocycles. The molecule has 2 rings (SSSR count). The largest absolute Gasteiger partial charge is 0.352 e. The van der Waals surface area contributed by atoms with Crippen LogP contribution in [0.15, 0.2) is 48.5 Å². The Balaban J connectivity index is 1.85. The molecule has 0 aliphatic rings. The molecule has 22 heavy (non-hydrogen) atoms. The molecule has 0 aromatic heterocycles. The number of amides is 1. The first kappa shape index (κ1) is 15.7. The fourth-order valence-corrected chi connectivity index (χ4v) is 2.24. The van der Waals surface area contributed by atoms with Crippen molar-refractivity contribution in [3.8, 4) is 0 Å². The van der Waals surface area contributed by atoms with Crippen LogP contribution in [0.2, 0.25) is 0 Å². The van der Waals surface area contributed by atoms with Crippen molar-refractivity contribution in [1.82, 2.24) is 5.32 Å². The maximum atomic E-state index is 12.0. The third-order valence-corrected chi connectivity index (χ3v) is 3.43. The van der Waals surface area contributed by atoms with Crippen molar-refractivity contribution < 1.29 is 9.72 Å². The maximum absolute atomic E-state index is 12.0. The van der Waals surface area contributed by atoms with Gasteiger partial charge in [0.25, 0.3) is 11.6 Å². The molecule has 1 amide bonds. The van der Waals surface area contributed by atoms with Crippen LogP contribution in [0.1, 0.15) is 27.9 Å². The van der Waals surface area contributed by atoms with Gasteiger partial charge in [-0.15, -0.1) is 0 Å². The topological polar surface area (TPSA) is 72.2 Å². The van der Waals surface area contributed by atoms with E-state index in [9.17, 15) is 14.9 Å². The molecular formula is C17H18N2O3. The van der Waals surface area contributed by atoms with E-state index in [1.54, 1.807) is 13.0 Å². The second-order valence-corrected chi connectivity index (χ2v) is 5.10. The summed E-state index contributed by atoms with van der Waals surface area (Å²) >= 11 is 0. The van der Waals surface area contributed by atoms with Gasteiger partial charge < -0.3 is 5.32 Å². The zero-order chi connectivity index (χ0) is 15.9. The number of benzene rings is 2. The van der Waals surface area contributed by atoms with Crippen LogP contribution < -0.4 is 5.32 Å². The van der Waals surface area contributed by atoms with E-state index in [1.165, 1.54) is 17.7 Å². The molecule has 2 aromatic rings. The first-order valence-electron chi connectivity index (χ1n) is 7.15. The van der Waals surface area contributed by atoms with Crippen molar-refractivity contribution in [2.75, 3.05) is 6.54 Å². The van der Waals surface area contributed by atoms with Crippen LogP contribution in [0.5, 0.6) is 0 Å². The molecule has 0 aliphatic carbocycles. The van der Waals surface area contributed by atoms with E-state index in [1.807, 2.05) is 18.2 Å². The molecule has 0 atom stereocenters. The summed E-state index contributed by atoms with van der Waals surface area (Å²) in [4.78, 5) is 22.3. The summed E-state index contributed by atoms with van der Waals surface area (Å²) in [5.74, 6) is -0.203. The molecule has 0 spiro atoms. The van der Waals surface area contributed by atoms with Crippen LogP contribution in [0.25, 0.3) is 0 Å². The number of nitrogens with zero attached hydrogens (tertiary/aromatic N) is 1. The Bertz CT molecular complexity index is 669. The molecule has 0 heterocycles. The summed E-state index contributed by atoms with van der Waals surface area (Å²) in [5, 5.41) is 13.6. The lowest BCUT2D eigenvalue weighted by Gasteiger charge is -2.06. The maximum Gasteiger partial charge on any atom is 0.272 e. The van der Waals surface area contributed by atoms with Gasteiger partial charge in [0.1, 0.15) is 0 Å². The number of nitrogens with one attached hydrogen (secondary N) is 1. The van der Waals surface area contributed by atoms with Crippen molar-refractivity contribution in [3.63, 3.8) is 0 Å². The number of rotatable bonds is 6. The Morgan fingerprint density at radius 3 is 2.55 bits per heavy atom. The fraction of sp³-hybridized carbons (Fsp3) is 0.235. The van der Waals surface area contributed by atoms with E-state index in [2.05, 4.69) is 17.4 Å². The number of hydrogen-bond donors (Lipinski definition) is 1.